The second kappa shape index (κ2) is 7.47. The van der Waals surface area contributed by atoms with Crippen LogP contribution in [0.25, 0.3) is 11.0 Å². The monoisotopic (exact) mass is 327 g/mol. The highest BCUT2D eigenvalue weighted by Crippen LogP contribution is 2.20. The molecule has 2 aromatic heterocycles. The fraction of sp³-hybridized carbons (Fsp3) is 0.316. The van der Waals surface area contributed by atoms with Crippen LogP contribution in [0.2, 0.25) is 0 Å². The predicted octanol–water partition coefficient (Wildman–Crippen LogP) is 3.34. The van der Waals surface area contributed by atoms with E-state index in [2.05, 4.69) is 4.90 Å². The number of hydrogen-bond donors (Lipinski definition) is 0. The molecule has 0 atom stereocenters. The minimum absolute atomic E-state index is 0.326. The SMILES string of the molecule is COCCN(Cc1ccco1)Cc1cc(=O)oc2cc(C)ccc12. The number of aryl methyl sites for hydroxylation is 1. The lowest BCUT2D eigenvalue weighted by Gasteiger charge is -2.21. The van der Waals surface area contributed by atoms with Crippen molar-refractivity contribution in [3.8, 4) is 0 Å². The molecule has 0 saturated carbocycles. The van der Waals surface area contributed by atoms with Crippen molar-refractivity contribution in [1.82, 2.24) is 4.90 Å². The third-order valence-electron chi connectivity index (χ3n) is 3.95. The third-order valence-corrected chi connectivity index (χ3v) is 3.95. The van der Waals surface area contributed by atoms with Crippen LogP contribution in [0.3, 0.4) is 0 Å². The molecule has 5 nitrogen and oxygen atoms in total. The van der Waals surface area contributed by atoms with Gasteiger partial charge in [-0.3, -0.25) is 4.90 Å². The van der Waals surface area contributed by atoms with Gasteiger partial charge in [0.2, 0.25) is 0 Å². The number of hydrogen-bond acceptors (Lipinski definition) is 5. The van der Waals surface area contributed by atoms with Gasteiger partial charge in [-0.2, -0.15) is 0 Å². The topological polar surface area (TPSA) is 55.8 Å². The summed E-state index contributed by atoms with van der Waals surface area (Å²) in [6.07, 6.45) is 1.67. The number of nitrogens with zero attached hydrogens (tertiary/aromatic N) is 1. The van der Waals surface area contributed by atoms with E-state index in [0.717, 1.165) is 28.8 Å². The van der Waals surface area contributed by atoms with Crippen molar-refractivity contribution in [2.24, 2.45) is 0 Å². The summed E-state index contributed by atoms with van der Waals surface area (Å²) in [5, 5.41) is 0.960. The van der Waals surface area contributed by atoms with Crippen molar-refractivity contribution < 1.29 is 13.6 Å². The van der Waals surface area contributed by atoms with Crippen molar-refractivity contribution in [3.05, 3.63) is 70.0 Å². The van der Waals surface area contributed by atoms with Crippen LogP contribution in [0.1, 0.15) is 16.9 Å². The van der Waals surface area contributed by atoms with Gasteiger partial charge < -0.3 is 13.6 Å². The molecule has 0 saturated heterocycles. The molecule has 0 aliphatic carbocycles. The van der Waals surface area contributed by atoms with Crippen molar-refractivity contribution in [1.29, 1.82) is 0 Å². The minimum Gasteiger partial charge on any atom is -0.468 e. The molecule has 24 heavy (non-hydrogen) atoms. The van der Waals surface area contributed by atoms with Gasteiger partial charge in [0.25, 0.3) is 0 Å². The lowest BCUT2D eigenvalue weighted by atomic mass is 10.1. The maximum absolute atomic E-state index is 11.9. The number of benzene rings is 1. The summed E-state index contributed by atoms with van der Waals surface area (Å²) in [4.78, 5) is 14.1. The summed E-state index contributed by atoms with van der Waals surface area (Å²) < 4.78 is 16.0. The number of methoxy groups -OCH3 is 1. The molecule has 0 N–H and O–H groups in total. The van der Waals surface area contributed by atoms with Gasteiger partial charge in [0, 0.05) is 31.7 Å². The van der Waals surface area contributed by atoms with Gasteiger partial charge >= 0.3 is 5.63 Å². The third kappa shape index (κ3) is 3.93. The first-order valence-corrected chi connectivity index (χ1v) is 7.93. The largest absolute Gasteiger partial charge is 0.468 e. The summed E-state index contributed by atoms with van der Waals surface area (Å²) in [5.74, 6) is 0.884. The van der Waals surface area contributed by atoms with E-state index in [1.165, 1.54) is 0 Å². The van der Waals surface area contributed by atoms with Crippen LogP contribution in [-0.4, -0.2) is 25.2 Å². The first-order chi connectivity index (χ1) is 11.7. The Balaban J connectivity index is 1.90. The first kappa shape index (κ1) is 16.5. The molecule has 0 spiro atoms. The Labute approximate surface area is 140 Å². The van der Waals surface area contributed by atoms with Crippen molar-refractivity contribution >= 4 is 11.0 Å². The van der Waals surface area contributed by atoms with Crippen LogP contribution in [0.15, 0.2) is 56.3 Å². The number of furan rings is 1. The van der Waals surface area contributed by atoms with E-state index < -0.39 is 0 Å². The standard InChI is InChI=1S/C19H21NO4/c1-14-5-6-17-15(11-19(21)24-18(17)10-14)12-20(7-9-22-2)13-16-4-3-8-23-16/h3-6,8,10-11H,7,9,12-13H2,1-2H3. The van der Waals surface area contributed by atoms with Crippen LogP contribution in [0.5, 0.6) is 0 Å². The summed E-state index contributed by atoms with van der Waals surface area (Å²) >= 11 is 0. The van der Waals surface area contributed by atoms with Crippen LogP contribution >= 0.6 is 0 Å². The highest BCUT2D eigenvalue weighted by Gasteiger charge is 2.13. The molecule has 0 bridgehead atoms. The molecule has 0 amide bonds. The molecule has 0 fully saturated rings. The van der Waals surface area contributed by atoms with Gasteiger partial charge in [-0.15, -0.1) is 0 Å². The van der Waals surface area contributed by atoms with E-state index in [4.69, 9.17) is 13.6 Å². The van der Waals surface area contributed by atoms with Gasteiger partial charge in [-0.05, 0) is 36.2 Å². The Morgan fingerprint density at radius 2 is 2.04 bits per heavy atom. The zero-order chi connectivity index (χ0) is 16.9. The van der Waals surface area contributed by atoms with E-state index >= 15 is 0 Å². The molecule has 0 unspecified atom stereocenters. The number of fused-ring (bicyclic) bond motifs is 1. The molecule has 1 aromatic carbocycles. The molecule has 5 heteroatoms. The smallest absolute Gasteiger partial charge is 0.336 e. The molecule has 3 aromatic rings. The molecule has 0 radical (unpaired) electrons. The van der Waals surface area contributed by atoms with E-state index in [1.807, 2.05) is 37.3 Å². The van der Waals surface area contributed by atoms with E-state index in [1.54, 1.807) is 19.4 Å². The summed E-state index contributed by atoms with van der Waals surface area (Å²) in [6, 6.07) is 11.3. The zero-order valence-corrected chi connectivity index (χ0v) is 14.0. The lowest BCUT2D eigenvalue weighted by Crippen LogP contribution is -2.27. The zero-order valence-electron chi connectivity index (χ0n) is 14.0. The first-order valence-electron chi connectivity index (χ1n) is 7.93. The average molecular weight is 327 g/mol. The Morgan fingerprint density at radius 1 is 1.17 bits per heavy atom. The number of ether oxygens (including phenoxy) is 1. The van der Waals surface area contributed by atoms with Crippen molar-refractivity contribution in [2.45, 2.75) is 20.0 Å². The van der Waals surface area contributed by atoms with Crippen molar-refractivity contribution in [3.63, 3.8) is 0 Å². The predicted molar refractivity (Wildman–Crippen MR) is 91.9 cm³/mol. The molecule has 0 aliphatic heterocycles. The normalized spacial score (nSPS) is 11.5. The fourth-order valence-corrected chi connectivity index (χ4v) is 2.77. The molecular weight excluding hydrogens is 306 g/mol. The molecular formula is C19H21NO4. The molecule has 0 aliphatic rings. The van der Waals surface area contributed by atoms with Gasteiger partial charge in [-0.25, -0.2) is 4.79 Å². The maximum Gasteiger partial charge on any atom is 0.336 e. The summed E-state index contributed by atoms with van der Waals surface area (Å²) in [5.41, 5.74) is 2.31. The molecule has 3 rings (SSSR count). The molecule has 126 valence electrons. The maximum atomic E-state index is 11.9. The Bertz CT molecular complexity index is 851. The summed E-state index contributed by atoms with van der Waals surface area (Å²) in [6.45, 7) is 4.61. The van der Waals surface area contributed by atoms with E-state index in [0.29, 0.717) is 25.3 Å². The van der Waals surface area contributed by atoms with E-state index in [-0.39, 0.29) is 5.63 Å². The Hall–Kier alpha value is -2.37. The van der Waals surface area contributed by atoms with E-state index in [9.17, 15) is 4.79 Å². The number of rotatable bonds is 7. The van der Waals surface area contributed by atoms with Gasteiger partial charge in [0.05, 0.1) is 19.4 Å². The molecule has 2 heterocycles. The second-order valence-electron chi connectivity index (χ2n) is 5.87. The van der Waals surface area contributed by atoms with Crippen LogP contribution in [-0.2, 0) is 17.8 Å². The van der Waals surface area contributed by atoms with Gasteiger partial charge in [0.15, 0.2) is 0 Å². The van der Waals surface area contributed by atoms with Crippen LogP contribution < -0.4 is 5.63 Å². The lowest BCUT2D eigenvalue weighted by molar-refractivity contribution is 0.135. The highest BCUT2D eigenvalue weighted by atomic mass is 16.5. The van der Waals surface area contributed by atoms with Gasteiger partial charge in [-0.1, -0.05) is 12.1 Å². The van der Waals surface area contributed by atoms with Crippen molar-refractivity contribution in [2.75, 3.05) is 20.3 Å². The Kier molecular flexibility index (Phi) is 5.13. The Morgan fingerprint density at radius 3 is 2.79 bits per heavy atom. The second-order valence-corrected chi connectivity index (χ2v) is 5.87. The van der Waals surface area contributed by atoms with Gasteiger partial charge in [0.1, 0.15) is 11.3 Å². The highest BCUT2D eigenvalue weighted by molar-refractivity contribution is 5.80. The van der Waals surface area contributed by atoms with Crippen LogP contribution in [0.4, 0.5) is 0 Å². The van der Waals surface area contributed by atoms with Crippen LogP contribution in [0, 0.1) is 6.92 Å². The summed E-state index contributed by atoms with van der Waals surface area (Å²) in [7, 11) is 1.68. The fourth-order valence-electron chi connectivity index (χ4n) is 2.77. The quantitative estimate of drug-likeness (QED) is 0.623. The average Bonchev–Trinajstić information content (AvgIpc) is 3.05. The minimum atomic E-state index is -0.326.